The largest absolute Gasteiger partial charge is 0.333 e. The van der Waals surface area contributed by atoms with Gasteiger partial charge in [0.2, 0.25) is 0 Å². The number of amides is 2. The van der Waals surface area contributed by atoms with Gasteiger partial charge in [-0.2, -0.15) is 5.10 Å². The van der Waals surface area contributed by atoms with Crippen molar-refractivity contribution in [3.05, 3.63) is 64.1 Å². The SMILES string of the molecule is Cc1ccc(-n2cc(NC(=O)NCc3cccs3)cn2)c(C)c1. The summed E-state index contributed by atoms with van der Waals surface area (Å²) in [5.41, 5.74) is 4.02. The predicted molar refractivity (Wildman–Crippen MR) is 93.2 cm³/mol. The van der Waals surface area contributed by atoms with Gasteiger partial charge in [0.25, 0.3) is 0 Å². The second kappa shape index (κ2) is 6.66. The van der Waals surface area contributed by atoms with Crippen LogP contribution in [0, 0.1) is 13.8 Å². The summed E-state index contributed by atoms with van der Waals surface area (Å²) in [5, 5.41) is 11.9. The van der Waals surface area contributed by atoms with E-state index >= 15 is 0 Å². The number of rotatable bonds is 4. The second-order valence-corrected chi connectivity index (χ2v) is 6.38. The van der Waals surface area contributed by atoms with Crippen molar-refractivity contribution in [1.29, 1.82) is 0 Å². The van der Waals surface area contributed by atoms with Gasteiger partial charge in [-0.25, -0.2) is 9.48 Å². The minimum absolute atomic E-state index is 0.237. The van der Waals surface area contributed by atoms with Crippen LogP contribution in [-0.4, -0.2) is 15.8 Å². The Bertz CT molecular complexity index is 808. The van der Waals surface area contributed by atoms with Gasteiger partial charge in [-0.05, 0) is 36.9 Å². The lowest BCUT2D eigenvalue weighted by molar-refractivity contribution is 0.252. The summed E-state index contributed by atoms with van der Waals surface area (Å²) in [6, 6.07) is 9.90. The summed E-state index contributed by atoms with van der Waals surface area (Å²) in [5.74, 6) is 0. The van der Waals surface area contributed by atoms with Crippen molar-refractivity contribution in [1.82, 2.24) is 15.1 Å². The predicted octanol–water partition coefficient (Wildman–Crippen LogP) is 3.87. The number of nitrogens with zero attached hydrogens (tertiary/aromatic N) is 2. The quantitative estimate of drug-likeness (QED) is 0.764. The Morgan fingerprint density at radius 3 is 2.91 bits per heavy atom. The number of urea groups is 1. The fourth-order valence-corrected chi connectivity index (χ4v) is 2.98. The lowest BCUT2D eigenvalue weighted by atomic mass is 10.1. The summed E-state index contributed by atoms with van der Waals surface area (Å²) in [7, 11) is 0. The Morgan fingerprint density at radius 2 is 2.17 bits per heavy atom. The van der Waals surface area contributed by atoms with E-state index in [-0.39, 0.29) is 6.03 Å². The molecule has 0 spiro atoms. The molecule has 0 radical (unpaired) electrons. The highest BCUT2D eigenvalue weighted by atomic mass is 32.1. The van der Waals surface area contributed by atoms with Crippen molar-refractivity contribution in [2.75, 3.05) is 5.32 Å². The molecule has 0 saturated carbocycles. The van der Waals surface area contributed by atoms with Crippen molar-refractivity contribution in [2.24, 2.45) is 0 Å². The van der Waals surface area contributed by atoms with Crippen LogP contribution in [-0.2, 0) is 6.54 Å². The van der Waals surface area contributed by atoms with E-state index in [1.807, 2.05) is 42.8 Å². The van der Waals surface area contributed by atoms with E-state index in [2.05, 4.69) is 28.7 Å². The second-order valence-electron chi connectivity index (χ2n) is 5.35. The number of nitrogens with one attached hydrogen (secondary N) is 2. The number of anilines is 1. The smallest absolute Gasteiger partial charge is 0.319 e. The molecule has 0 saturated heterocycles. The van der Waals surface area contributed by atoms with Crippen LogP contribution in [0.3, 0.4) is 0 Å². The molecule has 0 bridgehead atoms. The normalized spacial score (nSPS) is 10.5. The maximum absolute atomic E-state index is 11.9. The van der Waals surface area contributed by atoms with Crippen LogP contribution in [0.25, 0.3) is 5.69 Å². The van der Waals surface area contributed by atoms with Crippen molar-refractivity contribution in [2.45, 2.75) is 20.4 Å². The van der Waals surface area contributed by atoms with E-state index in [1.54, 1.807) is 22.2 Å². The number of hydrogen-bond donors (Lipinski definition) is 2. The van der Waals surface area contributed by atoms with Crippen LogP contribution >= 0.6 is 11.3 Å². The average Bonchev–Trinajstić information content (AvgIpc) is 3.17. The molecule has 0 aliphatic rings. The van der Waals surface area contributed by atoms with Crippen LogP contribution in [0.2, 0.25) is 0 Å². The number of benzene rings is 1. The minimum atomic E-state index is -0.237. The molecule has 2 N–H and O–H groups in total. The molecule has 1 aromatic carbocycles. The first-order chi connectivity index (χ1) is 11.1. The molecule has 23 heavy (non-hydrogen) atoms. The van der Waals surface area contributed by atoms with Crippen LogP contribution in [0.15, 0.2) is 48.1 Å². The molecule has 0 atom stereocenters. The topological polar surface area (TPSA) is 59.0 Å². The van der Waals surface area contributed by atoms with Gasteiger partial charge in [-0.3, -0.25) is 0 Å². The van der Waals surface area contributed by atoms with Gasteiger partial charge in [0, 0.05) is 4.88 Å². The molecule has 0 fully saturated rings. The summed E-state index contributed by atoms with van der Waals surface area (Å²) in [6.07, 6.45) is 3.45. The molecule has 2 aromatic heterocycles. The Hall–Kier alpha value is -2.60. The lowest BCUT2D eigenvalue weighted by Crippen LogP contribution is -2.27. The van der Waals surface area contributed by atoms with E-state index in [1.165, 1.54) is 5.56 Å². The van der Waals surface area contributed by atoms with Gasteiger partial charge in [-0.1, -0.05) is 23.8 Å². The van der Waals surface area contributed by atoms with E-state index in [9.17, 15) is 4.79 Å². The first-order valence-electron chi connectivity index (χ1n) is 7.31. The number of aromatic nitrogens is 2. The van der Waals surface area contributed by atoms with Crippen molar-refractivity contribution in [3.8, 4) is 5.69 Å². The Balaban J connectivity index is 1.63. The van der Waals surface area contributed by atoms with Crippen LogP contribution in [0.1, 0.15) is 16.0 Å². The van der Waals surface area contributed by atoms with E-state index in [0.29, 0.717) is 12.2 Å². The third-order valence-corrected chi connectivity index (χ3v) is 4.32. The summed E-state index contributed by atoms with van der Waals surface area (Å²) in [4.78, 5) is 13.0. The third-order valence-electron chi connectivity index (χ3n) is 3.44. The van der Waals surface area contributed by atoms with Crippen LogP contribution in [0.4, 0.5) is 10.5 Å². The first kappa shape index (κ1) is 15.3. The molecule has 0 aliphatic heterocycles. The standard InChI is InChI=1S/C17H18N4OS/c1-12-5-6-16(13(2)8-12)21-11-14(9-19-21)20-17(22)18-10-15-4-3-7-23-15/h3-9,11H,10H2,1-2H3,(H2,18,20,22). The Labute approximate surface area is 139 Å². The van der Waals surface area contributed by atoms with E-state index < -0.39 is 0 Å². The molecule has 2 amide bonds. The highest BCUT2D eigenvalue weighted by Crippen LogP contribution is 2.17. The maximum Gasteiger partial charge on any atom is 0.319 e. The van der Waals surface area contributed by atoms with Gasteiger partial charge >= 0.3 is 6.03 Å². The monoisotopic (exact) mass is 326 g/mol. The number of thiophene rings is 1. The summed E-state index contributed by atoms with van der Waals surface area (Å²) < 4.78 is 1.77. The molecule has 2 heterocycles. The molecule has 0 aliphatic carbocycles. The van der Waals surface area contributed by atoms with E-state index in [0.717, 1.165) is 16.1 Å². The lowest BCUT2D eigenvalue weighted by Gasteiger charge is -2.07. The van der Waals surface area contributed by atoms with Crippen LogP contribution in [0.5, 0.6) is 0 Å². The Morgan fingerprint density at radius 1 is 1.30 bits per heavy atom. The summed E-state index contributed by atoms with van der Waals surface area (Å²) >= 11 is 1.62. The molecule has 3 rings (SSSR count). The fourth-order valence-electron chi connectivity index (χ4n) is 2.34. The maximum atomic E-state index is 11.9. The van der Waals surface area contributed by atoms with Gasteiger partial charge in [-0.15, -0.1) is 11.3 Å². The highest BCUT2D eigenvalue weighted by Gasteiger charge is 2.07. The molecule has 3 aromatic rings. The van der Waals surface area contributed by atoms with Gasteiger partial charge in [0.15, 0.2) is 0 Å². The highest BCUT2D eigenvalue weighted by molar-refractivity contribution is 7.09. The number of aryl methyl sites for hydroxylation is 2. The fraction of sp³-hybridized carbons (Fsp3) is 0.176. The minimum Gasteiger partial charge on any atom is -0.333 e. The van der Waals surface area contributed by atoms with Gasteiger partial charge in [0.05, 0.1) is 30.3 Å². The molecule has 0 unspecified atom stereocenters. The van der Waals surface area contributed by atoms with Gasteiger partial charge < -0.3 is 10.6 Å². The van der Waals surface area contributed by atoms with Gasteiger partial charge in [0.1, 0.15) is 0 Å². The van der Waals surface area contributed by atoms with Crippen molar-refractivity contribution >= 4 is 23.1 Å². The molecule has 5 nitrogen and oxygen atoms in total. The van der Waals surface area contributed by atoms with Crippen molar-refractivity contribution in [3.63, 3.8) is 0 Å². The average molecular weight is 326 g/mol. The Kier molecular flexibility index (Phi) is 4.43. The third kappa shape index (κ3) is 3.78. The number of carbonyl (C=O) groups excluding carboxylic acids is 1. The van der Waals surface area contributed by atoms with E-state index in [4.69, 9.17) is 0 Å². The van der Waals surface area contributed by atoms with Crippen LogP contribution < -0.4 is 10.6 Å². The summed E-state index contributed by atoms with van der Waals surface area (Å²) in [6.45, 7) is 4.63. The number of hydrogen-bond acceptors (Lipinski definition) is 3. The first-order valence-corrected chi connectivity index (χ1v) is 8.19. The zero-order valence-electron chi connectivity index (χ0n) is 13.0. The zero-order chi connectivity index (χ0) is 16.2. The molecule has 6 heteroatoms. The number of carbonyl (C=O) groups is 1. The van der Waals surface area contributed by atoms with Crippen molar-refractivity contribution < 1.29 is 4.79 Å². The molecular weight excluding hydrogens is 308 g/mol. The molecular formula is C17H18N4OS. The molecule has 118 valence electrons. The zero-order valence-corrected chi connectivity index (χ0v) is 13.9.